The first kappa shape index (κ1) is 10.8. The molecule has 0 aromatic rings. The van der Waals surface area contributed by atoms with Gasteiger partial charge in [0.25, 0.3) is 5.91 Å². The standard InChI is InChI=1S/C9H16FNOS/c1-9(2,10)8(12)11-5-4-7(6-11)13-3/h7H,4-6H2,1-3H3. The van der Waals surface area contributed by atoms with Crippen molar-refractivity contribution in [1.82, 2.24) is 4.90 Å². The fourth-order valence-corrected chi connectivity index (χ4v) is 2.15. The highest BCUT2D eigenvalue weighted by Crippen LogP contribution is 2.23. The minimum atomic E-state index is -1.71. The molecule has 1 saturated heterocycles. The molecule has 1 aliphatic heterocycles. The minimum Gasteiger partial charge on any atom is -0.339 e. The average Bonchev–Trinajstić information content (AvgIpc) is 2.48. The SMILES string of the molecule is CSC1CCN(C(=O)C(C)(C)F)C1. The summed E-state index contributed by atoms with van der Waals surface area (Å²) in [5.74, 6) is -0.371. The minimum absolute atomic E-state index is 0.371. The Balaban J connectivity index is 2.52. The number of rotatable bonds is 2. The van der Waals surface area contributed by atoms with Crippen molar-refractivity contribution >= 4 is 17.7 Å². The van der Waals surface area contributed by atoms with Crippen molar-refractivity contribution in [2.45, 2.75) is 31.2 Å². The maximum atomic E-state index is 13.3. The second kappa shape index (κ2) is 3.86. The van der Waals surface area contributed by atoms with Crippen molar-refractivity contribution in [1.29, 1.82) is 0 Å². The zero-order valence-corrected chi connectivity index (χ0v) is 9.16. The van der Waals surface area contributed by atoms with Crippen LogP contribution >= 0.6 is 11.8 Å². The van der Waals surface area contributed by atoms with Crippen LogP contribution in [0.25, 0.3) is 0 Å². The van der Waals surface area contributed by atoms with E-state index in [0.29, 0.717) is 18.3 Å². The molecule has 0 aliphatic carbocycles. The molecule has 0 aromatic heterocycles. The predicted octanol–water partition coefficient (Wildman–Crippen LogP) is 1.70. The maximum absolute atomic E-state index is 13.3. The zero-order chi connectivity index (χ0) is 10.1. The van der Waals surface area contributed by atoms with Gasteiger partial charge in [-0.05, 0) is 26.5 Å². The van der Waals surface area contributed by atoms with Crippen LogP contribution in [0.4, 0.5) is 4.39 Å². The lowest BCUT2D eigenvalue weighted by molar-refractivity contribution is -0.140. The molecule has 1 heterocycles. The molecular formula is C9H16FNOS. The third kappa shape index (κ3) is 2.59. The van der Waals surface area contributed by atoms with Crippen molar-refractivity contribution in [2.75, 3.05) is 19.3 Å². The number of nitrogens with zero attached hydrogens (tertiary/aromatic N) is 1. The van der Waals surface area contributed by atoms with E-state index in [-0.39, 0.29) is 5.91 Å². The molecule has 1 fully saturated rings. The van der Waals surface area contributed by atoms with E-state index in [1.54, 1.807) is 16.7 Å². The molecule has 0 saturated carbocycles. The van der Waals surface area contributed by atoms with Gasteiger partial charge in [0, 0.05) is 18.3 Å². The summed E-state index contributed by atoms with van der Waals surface area (Å²) in [5, 5.41) is 0.492. The molecule has 13 heavy (non-hydrogen) atoms. The number of hydrogen-bond acceptors (Lipinski definition) is 2. The molecule has 4 heteroatoms. The molecule has 0 spiro atoms. The van der Waals surface area contributed by atoms with Gasteiger partial charge in [-0.3, -0.25) is 4.79 Å². The number of thioether (sulfide) groups is 1. The Morgan fingerprint density at radius 1 is 1.62 bits per heavy atom. The third-order valence-corrected chi connectivity index (χ3v) is 3.33. The summed E-state index contributed by atoms with van der Waals surface area (Å²) in [4.78, 5) is 13.1. The van der Waals surface area contributed by atoms with Gasteiger partial charge in [0.15, 0.2) is 5.67 Å². The Hall–Kier alpha value is -0.250. The monoisotopic (exact) mass is 205 g/mol. The van der Waals surface area contributed by atoms with Gasteiger partial charge >= 0.3 is 0 Å². The normalized spacial score (nSPS) is 23.7. The summed E-state index contributed by atoms with van der Waals surface area (Å²) in [5.41, 5.74) is -1.71. The fourth-order valence-electron chi connectivity index (χ4n) is 1.48. The smallest absolute Gasteiger partial charge is 0.259 e. The van der Waals surface area contributed by atoms with E-state index < -0.39 is 5.67 Å². The second-order valence-corrected chi connectivity index (χ2v) is 5.01. The van der Waals surface area contributed by atoms with Gasteiger partial charge in [-0.25, -0.2) is 4.39 Å². The number of likely N-dealkylation sites (tertiary alicyclic amines) is 1. The van der Waals surface area contributed by atoms with Crippen molar-refractivity contribution in [3.8, 4) is 0 Å². The van der Waals surface area contributed by atoms with Gasteiger partial charge in [-0.15, -0.1) is 0 Å². The lowest BCUT2D eigenvalue weighted by Crippen LogP contribution is -2.41. The van der Waals surface area contributed by atoms with E-state index in [9.17, 15) is 9.18 Å². The number of amides is 1. The quantitative estimate of drug-likeness (QED) is 0.684. The lowest BCUT2D eigenvalue weighted by atomic mass is 10.1. The average molecular weight is 205 g/mol. The lowest BCUT2D eigenvalue weighted by Gasteiger charge is -2.22. The second-order valence-electron chi connectivity index (χ2n) is 3.87. The van der Waals surface area contributed by atoms with Crippen LogP contribution in [0.15, 0.2) is 0 Å². The van der Waals surface area contributed by atoms with E-state index in [0.717, 1.165) is 6.42 Å². The molecule has 1 unspecified atom stereocenters. The summed E-state index contributed by atoms with van der Waals surface area (Å²) in [6, 6.07) is 0. The summed E-state index contributed by atoms with van der Waals surface area (Å²) in [7, 11) is 0. The van der Waals surface area contributed by atoms with E-state index in [1.165, 1.54) is 13.8 Å². The number of alkyl halides is 1. The van der Waals surface area contributed by atoms with Gasteiger partial charge < -0.3 is 4.90 Å². The number of carbonyl (C=O) groups is 1. The summed E-state index contributed by atoms with van der Waals surface area (Å²) in [6.07, 6.45) is 3.02. The van der Waals surface area contributed by atoms with Gasteiger partial charge in [0.1, 0.15) is 0 Å². The Kier molecular flexibility index (Phi) is 3.22. The molecule has 0 aromatic carbocycles. The van der Waals surface area contributed by atoms with Crippen LogP contribution in [-0.4, -0.2) is 41.1 Å². The van der Waals surface area contributed by atoms with Gasteiger partial charge in [-0.2, -0.15) is 11.8 Å². The predicted molar refractivity (Wildman–Crippen MR) is 53.7 cm³/mol. The molecule has 0 bridgehead atoms. The van der Waals surface area contributed by atoms with Crippen LogP contribution in [0.3, 0.4) is 0 Å². The van der Waals surface area contributed by atoms with Crippen LogP contribution < -0.4 is 0 Å². The maximum Gasteiger partial charge on any atom is 0.259 e. The largest absolute Gasteiger partial charge is 0.339 e. The first-order valence-corrected chi connectivity index (χ1v) is 5.75. The Bertz CT molecular complexity index is 202. The molecule has 76 valence electrons. The first-order chi connectivity index (χ1) is 5.95. The van der Waals surface area contributed by atoms with Crippen molar-refractivity contribution in [2.24, 2.45) is 0 Å². The third-order valence-electron chi connectivity index (χ3n) is 2.27. The zero-order valence-electron chi connectivity index (χ0n) is 8.34. The molecule has 2 nitrogen and oxygen atoms in total. The Labute approximate surface area is 82.9 Å². The molecule has 1 aliphatic rings. The van der Waals surface area contributed by atoms with Crippen LogP contribution in [0, 0.1) is 0 Å². The number of carbonyl (C=O) groups excluding carboxylic acids is 1. The highest BCUT2D eigenvalue weighted by atomic mass is 32.2. The summed E-state index contributed by atoms with van der Waals surface area (Å²) >= 11 is 1.75. The van der Waals surface area contributed by atoms with Crippen molar-refractivity contribution in [3.63, 3.8) is 0 Å². The molecule has 1 atom stereocenters. The van der Waals surface area contributed by atoms with Crippen LogP contribution in [0.5, 0.6) is 0 Å². The molecule has 1 amide bonds. The number of halogens is 1. The van der Waals surface area contributed by atoms with Crippen molar-refractivity contribution < 1.29 is 9.18 Å². The fraction of sp³-hybridized carbons (Fsp3) is 0.889. The highest BCUT2D eigenvalue weighted by molar-refractivity contribution is 7.99. The van der Waals surface area contributed by atoms with E-state index in [4.69, 9.17) is 0 Å². The van der Waals surface area contributed by atoms with Crippen LogP contribution in [0.2, 0.25) is 0 Å². The van der Waals surface area contributed by atoms with Gasteiger partial charge in [0.05, 0.1) is 0 Å². The first-order valence-electron chi connectivity index (χ1n) is 4.46. The Morgan fingerprint density at radius 2 is 2.23 bits per heavy atom. The highest BCUT2D eigenvalue weighted by Gasteiger charge is 2.35. The molecule has 0 radical (unpaired) electrons. The van der Waals surface area contributed by atoms with Gasteiger partial charge in [-0.1, -0.05) is 0 Å². The van der Waals surface area contributed by atoms with E-state index in [2.05, 4.69) is 0 Å². The van der Waals surface area contributed by atoms with Crippen molar-refractivity contribution in [3.05, 3.63) is 0 Å². The number of hydrogen-bond donors (Lipinski definition) is 0. The van der Waals surface area contributed by atoms with E-state index in [1.807, 2.05) is 6.26 Å². The summed E-state index contributed by atoms with van der Waals surface area (Å²) < 4.78 is 13.3. The van der Waals surface area contributed by atoms with Crippen LogP contribution in [0.1, 0.15) is 20.3 Å². The Morgan fingerprint density at radius 3 is 2.62 bits per heavy atom. The molecule has 0 N–H and O–H groups in total. The summed E-state index contributed by atoms with van der Waals surface area (Å²) in [6.45, 7) is 4.05. The van der Waals surface area contributed by atoms with E-state index >= 15 is 0 Å². The molecular weight excluding hydrogens is 189 g/mol. The molecule has 1 rings (SSSR count). The topological polar surface area (TPSA) is 20.3 Å². The van der Waals surface area contributed by atoms with Crippen LogP contribution in [-0.2, 0) is 4.79 Å². The van der Waals surface area contributed by atoms with Gasteiger partial charge in [0.2, 0.25) is 0 Å².